The standard InChI is InChI=1S/C20H25NO2.ClH/c22-20(23)14-16-21(17-19-12-5-2-6-13-19)15-8-7-11-18-9-3-1-4-10-18;/h1-6,9-10,12-13H,7-8,11,14-17H2,(H,22,23);1H. The lowest BCUT2D eigenvalue weighted by molar-refractivity contribution is -0.137. The molecular formula is C20H26ClNO2. The summed E-state index contributed by atoms with van der Waals surface area (Å²) in [5.41, 5.74) is 2.61. The third kappa shape index (κ3) is 8.14. The fourth-order valence-electron chi connectivity index (χ4n) is 2.67. The molecule has 0 amide bonds. The average Bonchev–Trinajstić information content (AvgIpc) is 2.58. The first-order valence-corrected chi connectivity index (χ1v) is 8.26. The van der Waals surface area contributed by atoms with Gasteiger partial charge in [0.05, 0.1) is 6.42 Å². The average molecular weight is 348 g/mol. The molecule has 0 aromatic heterocycles. The van der Waals surface area contributed by atoms with Gasteiger partial charge in [-0.15, -0.1) is 12.4 Å². The van der Waals surface area contributed by atoms with E-state index in [1.165, 1.54) is 11.1 Å². The molecule has 0 unspecified atom stereocenters. The van der Waals surface area contributed by atoms with E-state index in [1.807, 2.05) is 24.3 Å². The minimum Gasteiger partial charge on any atom is -0.481 e. The minimum absolute atomic E-state index is 0. The molecular weight excluding hydrogens is 322 g/mol. The lowest BCUT2D eigenvalue weighted by Crippen LogP contribution is -2.27. The maximum absolute atomic E-state index is 10.8. The molecule has 2 aromatic carbocycles. The first-order chi connectivity index (χ1) is 11.2. The van der Waals surface area contributed by atoms with Crippen LogP contribution in [-0.2, 0) is 17.8 Å². The molecule has 4 heteroatoms. The van der Waals surface area contributed by atoms with E-state index in [0.717, 1.165) is 32.4 Å². The number of hydrogen-bond acceptors (Lipinski definition) is 2. The molecule has 130 valence electrons. The predicted octanol–water partition coefficient (Wildman–Crippen LogP) is 4.41. The van der Waals surface area contributed by atoms with Crippen LogP contribution in [0.25, 0.3) is 0 Å². The van der Waals surface area contributed by atoms with Crippen LogP contribution in [0.4, 0.5) is 0 Å². The van der Waals surface area contributed by atoms with Crippen LogP contribution in [-0.4, -0.2) is 29.1 Å². The van der Waals surface area contributed by atoms with Crippen molar-refractivity contribution in [2.75, 3.05) is 13.1 Å². The predicted molar refractivity (Wildman–Crippen MR) is 101 cm³/mol. The van der Waals surface area contributed by atoms with Crippen molar-refractivity contribution < 1.29 is 9.90 Å². The van der Waals surface area contributed by atoms with Gasteiger partial charge < -0.3 is 5.11 Å². The van der Waals surface area contributed by atoms with E-state index in [9.17, 15) is 4.79 Å². The van der Waals surface area contributed by atoms with Crippen LogP contribution in [0.2, 0.25) is 0 Å². The summed E-state index contributed by atoms with van der Waals surface area (Å²) in [6.07, 6.45) is 3.49. The van der Waals surface area contributed by atoms with Crippen LogP contribution in [0.15, 0.2) is 60.7 Å². The first-order valence-electron chi connectivity index (χ1n) is 8.26. The zero-order valence-corrected chi connectivity index (χ0v) is 14.8. The van der Waals surface area contributed by atoms with Crippen LogP contribution in [0.3, 0.4) is 0 Å². The summed E-state index contributed by atoms with van der Waals surface area (Å²) in [7, 11) is 0. The topological polar surface area (TPSA) is 40.5 Å². The Kier molecular flexibility index (Phi) is 9.81. The quantitative estimate of drug-likeness (QED) is 0.647. The monoisotopic (exact) mass is 347 g/mol. The highest BCUT2D eigenvalue weighted by molar-refractivity contribution is 5.85. The van der Waals surface area contributed by atoms with Crippen molar-refractivity contribution >= 4 is 18.4 Å². The van der Waals surface area contributed by atoms with E-state index in [4.69, 9.17) is 5.11 Å². The number of aliphatic carboxylic acids is 1. The van der Waals surface area contributed by atoms with E-state index < -0.39 is 5.97 Å². The number of nitrogens with zero attached hydrogens (tertiary/aromatic N) is 1. The van der Waals surface area contributed by atoms with Crippen LogP contribution in [0.5, 0.6) is 0 Å². The molecule has 24 heavy (non-hydrogen) atoms. The minimum atomic E-state index is -0.729. The third-order valence-corrected chi connectivity index (χ3v) is 3.92. The molecule has 0 aliphatic rings. The highest BCUT2D eigenvalue weighted by Crippen LogP contribution is 2.09. The number of carbonyl (C=O) groups is 1. The summed E-state index contributed by atoms with van der Waals surface area (Å²) >= 11 is 0. The first kappa shape index (κ1) is 20.2. The summed E-state index contributed by atoms with van der Waals surface area (Å²) in [6.45, 7) is 2.37. The second-order valence-corrected chi connectivity index (χ2v) is 5.85. The molecule has 0 aliphatic heterocycles. The van der Waals surface area contributed by atoms with E-state index in [2.05, 4.69) is 41.3 Å². The lowest BCUT2D eigenvalue weighted by Gasteiger charge is -2.21. The zero-order valence-electron chi connectivity index (χ0n) is 13.9. The molecule has 0 spiro atoms. The fourth-order valence-corrected chi connectivity index (χ4v) is 2.67. The van der Waals surface area contributed by atoms with Crippen molar-refractivity contribution in [3.05, 3.63) is 71.8 Å². The Morgan fingerprint density at radius 1 is 0.833 bits per heavy atom. The Balaban J connectivity index is 0.00000288. The summed E-state index contributed by atoms with van der Waals surface area (Å²) in [5.74, 6) is -0.729. The van der Waals surface area contributed by atoms with Gasteiger partial charge in [0.25, 0.3) is 0 Å². The molecule has 0 saturated heterocycles. The number of halogens is 1. The Labute approximate surface area is 150 Å². The Morgan fingerprint density at radius 2 is 1.42 bits per heavy atom. The van der Waals surface area contributed by atoms with Gasteiger partial charge in [-0.1, -0.05) is 60.7 Å². The van der Waals surface area contributed by atoms with Crippen molar-refractivity contribution in [1.82, 2.24) is 4.90 Å². The van der Waals surface area contributed by atoms with Crippen molar-refractivity contribution in [3.63, 3.8) is 0 Å². The van der Waals surface area contributed by atoms with E-state index >= 15 is 0 Å². The maximum atomic E-state index is 10.8. The molecule has 0 aliphatic carbocycles. The Morgan fingerprint density at radius 3 is 2.00 bits per heavy atom. The molecule has 0 heterocycles. The van der Waals surface area contributed by atoms with Crippen LogP contribution in [0, 0.1) is 0 Å². The summed E-state index contributed by atoms with van der Waals surface area (Å²) in [6, 6.07) is 20.8. The molecule has 0 saturated carbocycles. The lowest BCUT2D eigenvalue weighted by atomic mass is 10.1. The fraction of sp³-hybridized carbons (Fsp3) is 0.350. The summed E-state index contributed by atoms with van der Waals surface area (Å²) < 4.78 is 0. The highest BCUT2D eigenvalue weighted by Gasteiger charge is 2.08. The smallest absolute Gasteiger partial charge is 0.304 e. The van der Waals surface area contributed by atoms with Gasteiger partial charge in [-0.05, 0) is 36.9 Å². The molecule has 2 rings (SSSR count). The van der Waals surface area contributed by atoms with Crippen molar-refractivity contribution in [3.8, 4) is 0 Å². The molecule has 2 aromatic rings. The molecule has 0 fully saturated rings. The molecule has 1 N–H and O–H groups in total. The Bertz CT molecular complexity index is 575. The molecule has 0 atom stereocenters. The van der Waals surface area contributed by atoms with E-state index in [1.54, 1.807) is 0 Å². The third-order valence-electron chi connectivity index (χ3n) is 3.92. The number of unbranched alkanes of at least 4 members (excludes halogenated alkanes) is 1. The second-order valence-electron chi connectivity index (χ2n) is 5.85. The highest BCUT2D eigenvalue weighted by atomic mass is 35.5. The van der Waals surface area contributed by atoms with Gasteiger partial charge in [0, 0.05) is 13.1 Å². The van der Waals surface area contributed by atoms with Gasteiger partial charge in [-0.3, -0.25) is 9.69 Å². The van der Waals surface area contributed by atoms with Gasteiger partial charge in [0.15, 0.2) is 0 Å². The van der Waals surface area contributed by atoms with Gasteiger partial charge in [0.2, 0.25) is 0 Å². The number of aryl methyl sites for hydroxylation is 1. The largest absolute Gasteiger partial charge is 0.481 e. The van der Waals surface area contributed by atoms with Gasteiger partial charge in [0.1, 0.15) is 0 Å². The number of benzene rings is 2. The summed E-state index contributed by atoms with van der Waals surface area (Å²) in [5, 5.41) is 8.92. The number of carboxylic acid groups (broad SMARTS) is 1. The molecule has 3 nitrogen and oxygen atoms in total. The van der Waals surface area contributed by atoms with Crippen molar-refractivity contribution in [2.24, 2.45) is 0 Å². The van der Waals surface area contributed by atoms with Crippen molar-refractivity contribution in [1.29, 1.82) is 0 Å². The molecule has 0 radical (unpaired) electrons. The van der Waals surface area contributed by atoms with Crippen LogP contribution < -0.4 is 0 Å². The molecule has 0 bridgehead atoms. The Hall–Kier alpha value is -1.84. The SMILES string of the molecule is Cl.O=C(O)CCN(CCCCc1ccccc1)Cc1ccccc1. The number of carboxylic acids is 1. The second kappa shape index (κ2) is 11.7. The van der Waals surface area contributed by atoms with Crippen molar-refractivity contribution in [2.45, 2.75) is 32.2 Å². The van der Waals surface area contributed by atoms with Crippen LogP contribution in [0.1, 0.15) is 30.4 Å². The normalized spacial score (nSPS) is 10.4. The zero-order chi connectivity index (χ0) is 16.3. The summed E-state index contributed by atoms with van der Waals surface area (Å²) in [4.78, 5) is 13.1. The van der Waals surface area contributed by atoms with Gasteiger partial charge >= 0.3 is 5.97 Å². The van der Waals surface area contributed by atoms with E-state index in [-0.39, 0.29) is 18.8 Å². The van der Waals surface area contributed by atoms with Gasteiger partial charge in [-0.2, -0.15) is 0 Å². The van der Waals surface area contributed by atoms with E-state index in [0.29, 0.717) is 6.54 Å². The number of rotatable bonds is 10. The maximum Gasteiger partial charge on any atom is 0.304 e. The number of hydrogen-bond donors (Lipinski definition) is 1. The van der Waals surface area contributed by atoms with Gasteiger partial charge in [-0.25, -0.2) is 0 Å². The van der Waals surface area contributed by atoms with Crippen LogP contribution >= 0.6 is 12.4 Å².